The summed E-state index contributed by atoms with van der Waals surface area (Å²) in [5.74, 6) is -0.758. The molecule has 2 aromatic rings. The average Bonchev–Trinajstić information content (AvgIpc) is 3.16. The Balaban J connectivity index is 1.90. The van der Waals surface area contributed by atoms with Gasteiger partial charge in [-0.3, -0.25) is 4.68 Å². The van der Waals surface area contributed by atoms with E-state index < -0.39 is 27.5 Å². The van der Waals surface area contributed by atoms with Gasteiger partial charge in [0, 0.05) is 26.2 Å². The van der Waals surface area contributed by atoms with E-state index in [2.05, 4.69) is 5.10 Å². The van der Waals surface area contributed by atoms with Crippen LogP contribution >= 0.6 is 11.6 Å². The van der Waals surface area contributed by atoms with Crippen LogP contribution < -0.4 is 10.5 Å². The molecule has 0 aliphatic carbocycles. The molecular formula is C16H17ClFN5O4S. The van der Waals surface area contributed by atoms with Crippen LogP contribution in [0.5, 0.6) is 5.75 Å². The second kappa shape index (κ2) is 7.31. The first-order chi connectivity index (χ1) is 13.1. The largest absolute Gasteiger partial charge is 0.486 e. The van der Waals surface area contributed by atoms with Gasteiger partial charge in [0.15, 0.2) is 5.03 Å². The molecule has 0 radical (unpaired) electrons. The lowest BCUT2D eigenvalue weighted by Crippen LogP contribution is -2.51. The lowest BCUT2D eigenvalue weighted by molar-refractivity contribution is -0.0201. The van der Waals surface area contributed by atoms with Gasteiger partial charge in [0.05, 0.1) is 23.3 Å². The summed E-state index contributed by atoms with van der Waals surface area (Å²) in [6, 6.07) is 5.26. The van der Waals surface area contributed by atoms with Crippen LogP contribution in [0.1, 0.15) is 5.56 Å². The summed E-state index contributed by atoms with van der Waals surface area (Å²) >= 11 is 5.95. The predicted molar refractivity (Wildman–Crippen MR) is 96.5 cm³/mol. The van der Waals surface area contributed by atoms with Gasteiger partial charge >= 0.3 is 0 Å². The highest BCUT2D eigenvalue weighted by molar-refractivity contribution is 7.89. The number of ether oxygens (including phenoxy) is 1. The third kappa shape index (κ3) is 3.45. The Morgan fingerprint density at radius 3 is 2.82 bits per heavy atom. The first kappa shape index (κ1) is 20.5. The van der Waals surface area contributed by atoms with E-state index in [0.29, 0.717) is 0 Å². The molecule has 1 aliphatic rings. The Kier molecular flexibility index (Phi) is 5.35. The van der Waals surface area contributed by atoms with E-state index in [1.807, 2.05) is 0 Å². The minimum atomic E-state index is -4.09. The fourth-order valence-corrected chi connectivity index (χ4v) is 5.10. The van der Waals surface area contributed by atoms with Crippen molar-refractivity contribution in [1.82, 2.24) is 14.1 Å². The summed E-state index contributed by atoms with van der Waals surface area (Å²) < 4.78 is 47.5. The first-order valence-corrected chi connectivity index (χ1v) is 9.90. The van der Waals surface area contributed by atoms with Crippen molar-refractivity contribution in [3.05, 3.63) is 40.8 Å². The van der Waals surface area contributed by atoms with Crippen LogP contribution in [0.25, 0.3) is 0 Å². The number of nitrogens with zero attached hydrogens (tertiary/aromatic N) is 4. The maximum Gasteiger partial charge on any atom is 0.261 e. The summed E-state index contributed by atoms with van der Waals surface area (Å²) in [5.41, 5.74) is 3.79. The maximum atomic E-state index is 13.8. The number of halogens is 2. The quantitative estimate of drug-likeness (QED) is 0.694. The number of rotatable bonds is 5. The molecule has 12 heteroatoms. The van der Waals surface area contributed by atoms with Crippen molar-refractivity contribution in [1.29, 1.82) is 5.26 Å². The number of sulfonamides is 1. The van der Waals surface area contributed by atoms with E-state index in [-0.39, 0.29) is 41.0 Å². The topological polar surface area (TPSA) is 134 Å². The van der Waals surface area contributed by atoms with Gasteiger partial charge in [0.25, 0.3) is 10.0 Å². The van der Waals surface area contributed by atoms with Gasteiger partial charge < -0.3 is 15.6 Å². The lowest BCUT2D eigenvalue weighted by atomic mass is 10.0. The molecular weight excluding hydrogens is 413 g/mol. The Morgan fingerprint density at radius 2 is 2.29 bits per heavy atom. The Labute approximate surface area is 165 Å². The van der Waals surface area contributed by atoms with Crippen LogP contribution in [-0.4, -0.2) is 58.9 Å². The van der Waals surface area contributed by atoms with Crippen LogP contribution in [0.3, 0.4) is 0 Å². The fraction of sp³-hybridized carbons (Fsp3) is 0.375. The fourth-order valence-electron chi connectivity index (χ4n) is 2.99. The molecule has 0 amide bonds. The van der Waals surface area contributed by atoms with E-state index in [9.17, 15) is 17.9 Å². The second-order valence-electron chi connectivity index (χ2n) is 6.39. The van der Waals surface area contributed by atoms with Crippen molar-refractivity contribution in [3.63, 3.8) is 0 Å². The van der Waals surface area contributed by atoms with Crippen molar-refractivity contribution in [3.8, 4) is 11.8 Å². The van der Waals surface area contributed by atoms with Crippen LogP contribution in [0.4, 0.5) is 4.39 Å². The molecule has 1 saturated heterocycles. The molecule has 9 nitrogen and oxygen atoms in total. The number of aliphatic hydroxyl groups is 1. The smallest absolute Gasteiger partial charge is 0.261 e. The number of hydrogen-bond donors (Lipinski definition) is 2. The zero-order valence-electron chi connectivity index (χ0n) is 14.7. The molecule has 2 heterocycles. The number of nitrogens with two attached hydrogens (primary N) is 1. The molecule has 3 N–H and O–H groups in total. The highest BCUT2D eigenvalue weighted by atomic mass is 35.5. The van der Waals surface area contributed by atoms with E-state index >= 15 is 0 Å². The van der Waals surface area contributed by atoms with E-state index in [0.717, 1.165) is 15.1 Å². The van der Waals surface area contributed by atoms with Gasteiger partial charge in [0.2, 0.25) is 0 Å². The summed E-state index contributed by atoms with van der Waals surface area (Å²) in [4.78, 5) is 0. The molecule has 0 spiro atoms. The Morgan fingerprint density at radius 1 is 1.57 bits per heavy atom. The SMILES string of the molecule is Cn1ncc(Cl)c1S(=O)(=O)N1C[C@H](Oc2ccc(C#N)c(F)c2)[C@](O)(CN)C1. The van der Waals surface area contributed by atoms with Crippen LogP contribution in [0.15, 0.2) is 29.4 Å². The lowest BCUT2D eigenvalue weighted by Gasteiger charge is -2.27. The van der Waals surface area contributed by atoms with Gasteiger partial charge in [-0.1, -0.05) is 11.6 Å². The summed E-state index contributed by atoms with van der Waals surface area (Å²) in [6.45, 7) is -0.864. The summed E-state index contributed by atoms with van der Waals surface area (Å²) in [7, 11) is -2.66. The molecule has 3 rings (SSSR count). The number of nitriles is 1. The molecule has 0 unspecified atom stereocenters. The molecule has 1 aliphatic heterocycles. The number of aryl methyl sites for hydroxylation is 1. The van der Waals surface area contributed by atoms with E-state index in [1.165, 1.54) is 25.4 Å². The van der Waals surface area contributed by atoms with Crippen LogP contribution in [0.2, 0.25) is 5.02 Å². The van der Waals surface area contributed by atoms with E-state index in [4.69, 9.17) is 27.3 Å². The molecule has 1 fully saturated rings. The van der Waals surface area contributed by atoms with Crippen LogP contribution in [-0.2, 0) is 17.1 Å². The highest BCUT2D eigenvalue weighted by Gasteiger charge is 2.51. The third-order valence-corrected chi connectivity index (χ3v) is 6.86. The standard InChI is InChI=1S/C16H17ClFN5O4S/c1-22-15(12(17)6-21-22)28(25,26)23-7-14(16(24,8-20)9-23)27-11-3-2-10(5-19)13(18)4-11/h2-4,6,14,24H,7-9,20H2,1H3/t14-,16-/m0/s1. The molecule has 1 aromatic carbocycles. The number of hydrogen-bond acceptors (Lipinski definition) is 7. The third-order valence-electron chi connectivity index (χ3n) is 4.54. The Hall–Kier alpha value is -2.23. The van der Waals surface area contributed by atoms with Crippen molar-refractivity contribution in [2.45, 2.75) is 16.7 Å². The number of β-amino-alcohol motifs (C(OH)–C–C–N with tert-alkyl or cyclic N) is 1. The summed E-state index contributed by atoms with van der Waals surface area (Å²) in [6.07, 6.45) is 0.138. The normalized spacial score (nSPS) is 22.9. The first-order valence-electron chi connectivity index (χ1n) is 8.09. The van der Waals surface area contributed by atoms with Crippen LogP contribution in [0, 0.1) is 17.1 Å². The van der Waals surface area contributed by atoms with Gasteiger partial charge in [-0.05, 0) is 12.1 Å². The molecule has 0 saturated carbocycles. The van der Waals surface area contributed by atoms with Crippen molar-refractivity contribution >= 4 is 21.6 Å². The second-order valence-corrected chi connectivity index (χ2v) is 8.65. The zero-order chi connectivity index (χ0) is 20.7. The molecule has 1 aromatic heterocycles. The zero-order valence-corrected chi connectivity index (χ0v) is 16.3. The monoisotopic (exact) mass is 429 g/mol. The maximum absolute atomic E-state index is 13.8. The summed E-state index contributed by atoms with van der Waals surface area (Å²) in [5, 5.41) is 23.1. The van der Waals surface area contributed by atoms with Gasteiger partial charge in [-0.25, -0.2) is 12.8 Å². The molecule has 0 bridgehead atoms. The van der Waals surface area contributed by atoms with E-state index in [1.54, 1.807) is 6.07 Å². The average molecular weight is 430 g/mol. The minimum Gasteiger partial charge on any atom is -0.486 e. The Bertz CT molecular complexity index is 1030. The minimum absolute atomic E-state index is 0.0335. The molecule has 150 valence electrons. The van der Waals surface area contributed by atoms with Gasteiger partial charge in [-0.2, -0.15) is 14.7 Å². The molecule has 28 heavy (non-hydrogen) atoms. The van der Waals surface area contributed by atoms with Gasteiger partial charge in [-0.15, -0.1) is 0 Å². The van der Waals surface area contributed by atoms with Crippen molar-refractivity contribution < 1.29 is 22.7 Å². The predicted octanol–water partition coefficient (Wildman–Crippen LogP) is 0.226. The van der Waals surface area contributed by atoms with Gasteiger partial charge in [0.1, 0.15) is 29.3 Å². The number of benzene rings is 1. The number of aromatic nitrogens is 2. The van der Waals surface area contributed by atoms with Crippen molar-refractivity contribution in [2.24, 2.45) is 12.8 Å². The molecule has 2 atom stereocenters. The van der Waals surface area contributed by atoms with Crippen molar-refractivity contribution in [2.75, 3.05) is 19.6 Å². The highest BCUT2D eigenvalue weighted by Crippen LogP contribution is 2.32.